The fourth-order valence-corrected chi connectivity index (χ4v) is 3.10. The van der Waals surface area contributed by atoms with Crippen LogP contribution in [0.4, 0.5) is 17.6 Å². The topological polar surface area (TPSA) is 77.5 Å². The quantitative estimate of drug-likeness (QED) is 0.411. The number of para-hydroxylation sites is 1. The molecule has 1 aliphatic heterocycles. The molecule has 0 radical (unpaired) electrons. The van der Waals surface area contributed by atoms with Crippen molar-refractivity contribution >= 4 is 11.7 Å². The van der Waals surface area contributed by atoms with E-state index in [0.29, 0.717) is 29.9 Å². The van der Waals surface area contributed by atoms with Crippen molar-refractivity contribution in [2.45, 2.75) is 25.7 Å². The van der Waals surface area contributed by atoms with Gasteiger partial charge in [0.05, 0.1) is 12.6 Å². The zero-order valence-electron chi connectivity index (χ0n) is 17.9. The van der Waals surface area contributed by atoms with Crippen molar-refractivity contribution in [3.63, 3.8) is 0 Å². The van der Waals surface area contributed by atoms with E-state index in [1.165, 1.54) is 19.1 Å². The monoisotopic (exact) mass is 476 g/mol. The first-order valence-electron chi connectivity index (χ1n) is 10.1. The molecule has 1 aromatic heterocycles. The van der Waals surface area contributed by atoms with Gasteiger partial charge in [-0.2, -0.15) is 0 Å². The van der Waals surface area contributed by atoms with Gasteiger partial charge in [-0.3, -0.25) is 14.6 Å². The van der Waals surface area contributed by atoms with Gasteiger partial charge in [0.1, 0.15) is 11.4 Å². The SMILES string of the molecule is CC(=O)c1ccc(C(=O)NC2CCOc3cccnc32)cc1.Fc1ccccc1OC(F)(F)F. The van der Waals surface area contributed by atoms with E-state index in [0.717, 1.165) is 17.8 Å². The summed E-state index contributed by atoms with van der Waals surface area (Å²) >= 11 is 0. The molecule has 0 fully saturated rings. The van der Waals surface area contributed by atoms with Gasteiger partial charge >= 0.3 is 6.36 Å². The zero-order chi connectivity index (χ0) is 24.7. The second kappa shape index (κ2) is 10.8. The van der Waals surface area contributed by atoms with Gasteiger partial charge in [-0.25, -0.2) is 4.39 Å². The van der Waals surface area contributed by atoms with E-state index in [-0.39, 0.29) is 17.7 Å². The van der Waals surface area contributed by atoms with Crippen LogP contribution in [0.25, 0.3) is 0 Å². The Bertz CT molecular complexity index is 1150. The van der Waals surface area contributed by atoms with E-state index in [9.17, 15) is 27.2 Å². The summed E-state index contributed by atoms with van der Waals surface area (Å²) in [5.74, 6) is -1.33. The first kappa shape index (κ1) is 24.7. The van der Waals surface area contributed by atoms with Crippen LogP contribution in [0, 0.1) is 5.82 Å². The number of carbonyl (C=O) groups excluding carboxylic acids is 2. The molecule has 10 heteroatoms. The molecule has 1 atom stereocenters. The molecule has 0 spiro atoms. The minimum absolute atomic E-state index is 0.0190. The summed E-state index contributed by atoms with van der Waals surface area (Å²) in [6.07, 6.45) is -2.47. The van der Waals surface area contributed by atoms with Crippen LogP contribution in [0.5, 0.6) is 11.5 Å². The van der Waals surface area contributed by atoms with Crippen LogP contribution in [-0.2, 0) is 0 Å². The third-order valence-corrected chi connectivity index (χ3v) is 4.72. The van der Waals surface area contributed by atoms with Gasteiger partial charge in [0.2, 0.25) is 0 Å². The smallest absolute Gasteiger partial charge is 0.491 e. The number of ether oxygens (including phenoxy) is 2. The maximum atomic E-state index is 12.5. The Labute approximate surface area is 192 Å². The fourth-order valence-electron chi connectivity index (χ4n) is 3.10. The average Bonchev–Trinajstić information content (AvgIpc) is 2.80. The molecule has 3 aromatic rings. The minimum atomic E-state index is -4.85. The van der Waals surface area contributed by atoms with Crippen LogP contribution >= 0.6 is 0 Å². The largest absolute Gasteiger partial charge is 0.573 e. The first-order chi connectivity index (χ1) is 16.1. The molecule has 34 heavy (non-hydrogen) atoms. The molecule has 0 bridgehead atoms. The normalized spacial score (nSPS) is 14.6. The second-order valence-corrected chi connectivity index (χ2v) is 7.16. The predicted molar refractivity (Wildman–Crippen MR) is 114 cm³/mol. The molecule has 1 unspecified atom stereocenters. The highest BCUT2D eigenvalue weighted by atomic mass is 19.4. The minimum Gasteiger partial charge on any atom is -0.491 e. The highest BCUT2D eigenvalue weighted by molar-refractivity contribution is 5.97. The van der Waals surface area contributed by atoms with E-state index in [1.807, 2.05) is 12.1 Å². The van der Waals surface area contributed by atoms with E-state index < -0.39 is 17.9 Å². The maximum absolute atomic E-state index is 12.5. The first-order valence-corrected chi connectivity index (χ1v) is 10.1. The van der Waals surface area contributed by atoms with Crippen molar-refractivity contribution < 1.29 is 36.6 Å². The lowest BCUT2D eigenvalue weighted by Crippen LogP contribution is -2.32. The summed E-state index contributed by atoms with van der Waals surface area (Å²) in [7, 11) is 0. The van der Waals surface area contributed by atoms with Crippen LogP contribution in [0.3, 0.4) is 0 Å². The van der Waals surface area contributed by atoms with Gasteiger partial charge in [0, 0.05) is 23.7 Å². The van der Waals surface area contributed by atoms with Gasteiger partial charge in [-0.05, 0) is 43.3 Å². The number of alkyl halides is 3. The van der Waals surface area contributed by atoms with Crippen molar-refractivity contribution in [3.8, 4) is 11.5 Å². The third-order valence-electron chi connectivity index (χ3n) is 4.72. The molecule has 1 amide bonds. The maximum Gasteiger partial charge on any atom is 0.573 e. The lowest BCUT2D eigenvalue weighted by molar-refractivity contribution is -0.275. The summed E-state index contributed by atoms with van der Waals surface area (Å²) in [4.78, 5) is 27.9. The summed E-state index contributed by atoms with van der Waals surface area (Å²) in [5, 5.41) is 2.97. The Morgan fingerprint density at radius 2 is 1.71 bits per heavy atom. The zero-order valence-corrected chi connectivity index (χ0v) is 17.9. The molecule has 1 aliphatic rings. The molecule has 6 nitrogen and oxygen atoms in total. The Balaban J connectivity index is 0.000000229. The highest BCUT2D eigenvalue weighted by Crippen LogP contribution is 2.29. The van der Waals surface area contributed by atoms with Crippen LogP contribution < -0.4 is 14.8 Å². The number of carbonyl (C=O) groups is 2. The number of amides is 1. The lowest BCUT2D eigenvalue weighted by atomic mass is 10.0. The number of nitrogens with zero attached hydrogens (tertiary/aromatic N) is 1. The van der Waals surface area contributed by atoms with Crippen molar-refractivity contribution in [2.24, 2.45) is 0 Å². The van der Waals surface area contributed by atoms with Gasteiger partial charge in [0.15, 0.2) is 17.3 Å². The number of halogens is 4. The molecule has 178 valence electrons. The number of Topliss-reactive ketones (excluding diaryl/α,β-unsaturated/α-hetero) is 1. The van der Waals surface area contributed by atoms with Gasteiger partial charge < -0.3 is 14.8 Å². The summed E-state index contributed by atoms with van der Waals surface area (Å²) < 4.78 is 56.0. The molecule has 0 aliphatic carbocycles. The molecule has 1 N–H and O–H groups in total. The van der Waals surface area contributed by atoms with E-state index >= 15 is 0 Å². The van der Waals surface area contributed by atoms with Crippen molar-refractivity contribution in [1.82, 2.24) is 10.3 Å². The Morgan fingerprint density at radius 3 is 2.35 bits per heavy atom. The van der Waals surface area contributed by atoms with Crippen LogP contribution in [0.1, 0.15) is 45.8 Å². The van der Waals surface area contributed by atoms with Gasteiger partial charge in [-0.1, -0.05) is 24.3 Å². The molecule has 0 saturated heterocycles. The molecule has 2 aromatic carbocycles. The summed E-state index contributed by atoms with van der Waals surface area (Å²) in [6, 6.07) is 14.5. The van der Waals surface area contributed by atoms with Crippen LogP contribution in [-0.4, -0.2) is 29.6 Å². The number of rotatable bonds is 4. The van der Waals surface area contributed by atoms with E-state index in [4.69, 9.17) is 4.74 Å². The Kier molecular flexibility index (Phi) is 7.83. The van der Waals surface area contributed by atoms with Crippen molar-refractivity contribution in [1.29, 1.82) is 0 Å². The van der Waals surface area contributed by atoms with Gasteiger partial charge in [0.25, 0.3) is 5.91 Å². The summed E-state index contributed by atoms with van der Waals surface area (Å²) in [6.45, 7) is 2.05. The number of aromatic nitrogens is 1. The molecule has 2 heterocycles. The highest BCUT2D eigenvalue weighted by Gasteiger charge is 2.32. The lowest BCUT2D eigenvalue weighted by Gasteiger charge is -2.25. The number of hydrogen-bond donors (Lipinski definition) is 1. The van der Waals surface area contributed by atoms with Crippen molar-refractivity contribution in [2.75, 3.05) is 6.61 Å². The Morgan fingerprint density at radius 1 is 1.03 bits per heavy atom. The number of fused-ring (bicyclic) bond motifs is 1. The van der Waals surface area contributed by atoms with E-state index in [1.54, 1.807) is 30.5 Å². The number of benzene rings is 2. The molecule has 0 saturated carbocycles. The second-order valence-electron chi connectivity index (χ2n) is 7.16. The molecular weight excluding hydrogens is 456 g/mol. The van der Waals surface area contributed by atoms with Crippen molar-refractivity contribution in [3.05, 3.63) is 89.5 Å². The predicted octanol–water partition coefficient (Wildman–Crippen LogP) is 5.26. The van der Waals surface area contributed by atoms with Crippen LogP contribution in [0.2, 0.25) is 0 Å². The fraction of sp³-hybridized carbons (Fsp3) is 0.208. The number of nitrogens with one attached hydrogen (secondary N) is 1. The Hall–Kier alpha value is -3.95. The number of ketones is 1. The van der Waals surface area contributed by atoms with Crippen LogP contribution in [0.15, 0.2) is 66.9 Å². The third kappa shape index (κ3) is 6.77. The van der Waals surface area contributed by atoms with Gasteiger partial charge in [-0.15, -0.1) is 13.2 Å². The number of pyridine rings is 1. The standard InChI is InChI=1S/C17H16N2O3.C7H4F4O/c1-11(20)12-4-6-13(7-5-12)17(21)19-14-8-10-22-15-3-2-9-18-16(14)15;8-5-3-1-2-4-6(5)12-7(9,10)11/h2-7,9,14H,8,10H2,1H3,(H,19,21);1-4H. The number of hydrogen-bond acceptors (Lipinski definition) is 5. The molecule has 4 rings (SSSR count). The van der Waals surface area contributed by atoms with E-state index in [2.05, 4.69) is 15.0 Å². The average molecular weight is 476 g/mol. The molecular formula is C24H20F4N2O4. The summed E-state index contributed by atoms with van der Waals surface area (Å²) in [5.41, 5.74) is 1.87.